The molecule has 1 saturated heterocycles. The third kappa shape index (κ3) is 4.59. The predicted molar refractivity (Wildman–Crippen MR) is 80.8 cm³/mol. The lowest BCUT2D eigenvalue weighted by molar-refractivity contribution is 0.161. The van der Waals surface area contributed by atoms with Gasteiger partial charge in [-0.1, -0.05) is 19.4 Å². The number of aryl methyl sites for hydroxylation is 1. The Bertz CT molecular complexity index is 378. The van der Waals surface area contributed by atoms with Crippen LogP contribution in [0.25, 0.3) is 0 Å². The fourth-order valence-electron chi connectivity index (χ4n) is 2.35. The van der Waals surface area contributed by atoms with Crippen LogP contribution in [0.15, 0.2) is 18.2 Å². The molecule has 0 spiro atoms. The molecule has 1 aromatic rings. The van der Waals surface area contributed by atoms with Crippen LogP contribution in [-0.4, -0.2) is 26.3 Å². The molecule has 1 atom stereocenters. The Kier molecular flexibility index (Phi) is 7.03. The maximum absolute atomic E-state index is 6.02. The zero-order valence-corrected chi connectivity index (χ0v) is 12.6. The molecule has 1 aromatic carbocycles. The minimum absolute atomic E-state index is 0. The van der Waals surface area contributed by atoms with Crippen LogP contribution in [0.5, 0.6) is 11.5 Å². The molecule has 1 heterocycles. The molecule has 0 aromatic heterocycles. The Morgan fingerprint density at radius 2 is 2.16 bits per heavy atom. The fraction of sp³-hybridized carbons (Fsp3) is 0.600. The van der Waals surface area contributed by atoms with Crippen LogP contribution in [0.2, 0.25) is 0 Å². The maximum atomic E-state index is 6.02. The fourth-order valence-corrected chi connectivity index (χ4v) is 2.35. The average Bonchev–Trinajstić information content (AvgIpc) is 2.42. The lowest BCUT2D eigenvalue weighted by atomic mass is 10.1. The van der Waals surface area contributed by atoms with Crippen molar-refractivity contribution in [3.63, 3.8) is 0 Å². The van der Waals surface area contributed by atoms with Crippen molar-refractivity contribution in [3.05, 3.63) is 23.8 Å². The monoisotopic (exact) mass is 285 g/mol. The number of benzene rings is 1. The van der Waals surface area contributed by atoms with E-state index in [4.69, 9.17) is 9.47 Å². The van der Waals surface area contributed by atoms with Gasteiger partial charge in [-0.25, -0.2) is 0 Å². The van der Waals surface area contributed by atoms with Crippen molar-refractivity contribution in [2.75, 3.05) is 20.2 Å². The molecule has 108 valence electrons. The molecule has 1 fully saturated rings. The van der Waals surface area contributed by atoms with Gasteiger partial charge in [0.05, 0.1) is 7.11 Å². The second kappa shape index (κ2) is 8.28. The average molecular weight is 286 g/mol. The van der Waals surface area contributed by atoms with Crippen molar-refractivity contribution in [1.29, 1.82) is 0 Å². The predicted octanol–water partition coefficient (Wildman–Crippen LogP) is 3.20. The van der Waals surface area contributed by atoms with Crippen LogP contribution in [0, 0.1) is 0 Å². The van der Waals surface area contributed by atoms with Gasteiger partial charge in [0.2, 0.25) is 0 Å². The summed E-state index contributed by atoms with van der Waals surface area (Å²) in [5.74, 6) is 1.72. The molecular weight excluding hydrogens is 262 g/mol. The summed E-state index contributed by atoms with van der Waals surface area (Å²) in [5.41, 5.74) is 1.31. The van der Waals surface area contributed by atoms with Crippen LogP contribution in [0.1, 0.15) is 31.7 Å². The Hall–Kier alpha value is -0.930. The molecule has 0 aliphatic carbocycles. The van der Waals surface area contributed by atoms with E-state index in [0.29, 0.717) is 0 Å². The summed E-state index contributed by atoms with van der Waals surface area (Å²) in [4.78, 5) is 0. The molecule has 19 heavy (non-hydrogen) atoms. The van der Waals surface area contributed by atoms with Crippen LogP contribution < -0.4 is 14.8 Å². The van der Waals surface area contributed by atoms with Gasteiger partial charge in [0, 0.05) is 6.54 Å². The van der Waals surface area contributed by atoms with E-state index in [2.05, 4.69) is 24.4 Å². The van der Waals surface area contributed by atoms with E-state index >= 15 is 0 Å². The molecule has 0 radical (unpaired) electrons. The second-order valence-corrected chi connectivity index (χ2v) is 4.82. The first-order chi connectivity index (χ1) is 8.83. The quantitative estimate of drug-likeness (QED) is 0.901. The summed E-state index contributed by atoms with van der Waals surface area (Å²) >= 11 is 0. The maximum Gasteiger partial charge on any atom is 0.161 e. The van der Waals surface area contributed by atoms with E-state index in [1.807, 2.05) is 6.07 Å². The molecule has 4 heteroatoms. The molecule has 1 aliphatic heterocycles. The van der Waals surface area contributed by atoms with Crippen molar-refractivity contribution in [3.8, 4) is 11.5 Å². The highest BCUT2D eigenvalue weighted by Gasteiger charge is 2.16. The highest BCUT2D eigenvalue weighted by molar-refractivity contribution is 5.85. The Labute approximate surface area is 122 Å². The molecule has 1 N–H and O–H groups in total. The standard InChI is InChI=1S/C15H23NO2.ClH/c1-3-5-12-7-8-14(15(10-12)17-2)18-13-6-4-9-16-11-13;/h7-8,10,13,16H,3-6,9,11H2,1-2H3;1H. The zero-order valence-electron chi connectivity index (χ0n) is 11.8. The van der Waals surface area contributed by atoms with Gasteiger partial charge in [0.15, 0.2) is 11.5 Å². The molecule has 0 saturated carbocycles. The summed E-state index contributed by atoms with van der Waals surface area (Å²) in [6.07, 6.45) is 4.80. The van der Waals surface area contributed by atoms with Crippen molar-refractivity contribution in [2.24, 2.45) is 0 Å². The third-order valence-electron chi connectivity index (χ3n) is 3.31. The number of halogens is 1. The van der Waals surface area contributed by atoms with E-state index < -0.39 is 0 Å². The molecule has 2 rings (SSSR count). The normalized spacial score (nSPS) is 18.5. The van der Waals surface area contributed by atoms with Crippen LogP contribution in [0.3, 0.4) is 0 Å². The van der Waals surface area contributed by atoms with Gasteiger partial charge in [-0.2, -0.15) is 0 Å². The Balaban J connectivity index is 0.00000180. The van der Waals surface area contributed by atoms with Crippen molar-refractivity contribution >= 4 is 12.4 Å². The minimum atomic E-state index is 0. The summed E-state index contributed by atoms with van der Waals surface area (Å²) in [6.45, 7) is 4.22. The van der Waals surface area contributed by atoms with Crippen molar-refractivity contribution in [1.82, 2.24) is 5.32 Å². The minimum Gasteiger partial charge on any atom is -0.493 e. The number of ether oxygens (including phenoxy) is 2. The third-order valence-corrected chi connectivity index (χ3v) is 3.31. The first-order valence-corrected chi connectivity index (χ1v) is 6.87. The number of rotatable bonds is 5. The SMILES string of the molecule is CCCc1ccc(OC2CCCNC2)c(OC)c1.Cl. The van der Waals surface area contributed by atoms with Gasteiger partial charge in [0.1, 0.15) is 6.10 Å². The molecule has 0 amide bonds. The van der Waals surface area contributed by atoms with Gasteiger partial charge in [-0.15, -0.1) is 12.4 Å². The largest absolute Gasteiger partial charge is 0.493 e. The number of hydrogen-bond donors (Lipinski definition) is 1. The van der Waals surface area contributed by atoms with Gasteiger partial charge in [-0.05, 0) is 43.5 Å². The number of nitrogens with one attached hydrogen (secondary N) is 1. The number of hydrogen-bond acceptors (Lipinski definition) is 3. The van der Waals surface area contributed by atoms with Gasteiger partial charge in [0.25, 0.3) is 0 Å². The van der Waals surface area contributed by atoms with Gasteiger partial charge < -0.3 is 14.8 Å². The smallest absolute Gasteiger partial charge is 0.161 e. The summed E-state index contributed by atoms with van der Waals surface area (Å²) in [6, 6.07) is 6.27. The molecule has 1 aliphatic rings. The van der Waals surface area contributed by atoms with E-state index in [1.165, 1.54) is 12.0 Å². The first kappa shape index (κ1) is 16.1. The first-order valence-electron chi connectivity index (χ1n) is 6.87. The van der Waals surface area contributed by atoms with E-state index in [9.17, 15) is 0 Å². The Morgan fingerprint density at radius 3 is 2.79 bits per heavy atom. The van der Waals surface area contributed by atoms with E-state index in [0.717, 1.165) is 43.9 Å². The highest BCUT2D eigenvalue weighted by atomic mass is 35.5. The number of piperidine rings is 1. The zero-order chi connectivity index (χ0) is 12.8. The van der Waals surface area contributed by atoms with Gasteiger partial charge >= 0.3 is 0 Å². The van der Waals surface area contributed by atoms with Crippen LogP contribution >= 0.6 is 12.4 Å². The Morgan fingerprint density at radius 1 is 1.32 bits per heavy atom. The van der Waals surface area contributed by atoms with Gasteiger partial charge in [-0.3, -0.25) is 0 Å². The van der Waals surface area contributed by atoms with E-state index in [1.54, 1.807) is 7.11 Å². The summed E-state index contributed by atoms with van der Waals surface area (Å²) in [7, 11) is 1.71. The number of methoxy groups -OCH3 is 1. The molecule has 3 nitrogen and oxygen atoms in total. The van der Waals surface area contributed by atoms with E-state index in [-0.39, 0.29) is 18.5 Å². The topological polar surface area (TPSA) is 30.5 Å². The van der Waals surface area contributed by atoms with Crippen LogP contribution in [0.4, 0.5) is 0 Å². The lowest BCUT2D eigenvalue weighted by Crippen LogP contribution is -2.37. The molecule has 1 unspecified atom stereocenters. The highest BCUT2D eigenvalue weighted by Crippen LogP contribution is 2.30. The summed E-state index contributed by atoms with van der Waals surface area (Å²) < 4.78 is 11.5. The lowest BCUT2D eigenvalue weighted by Gasteiger charge is -2.25. The summed E-state index contributed by atoms with van der Waals surface area (Å²) in [5, 5.41) is 3.36. The molecular formula is C15H24ClNO2. The second-order valence-electron chi connectivity index (χ2n) is 4.82. The van der Waals surface area contributed by atoms with Crippen molar-refractivity contribution < 1.29 is 9.47 Å². The van der Waals surface area contributed by atoms with Crippen molar-refractivity contribution in [2.45, 2.75) is 38.7 Å². The molecule has 0 bridgehead atoms. The van der Waals surface area contributed by atoms with Crippen LogP contribution in [-0.2, 0) is 6.42 Å².